The molecule has 3 rings (SSSR count). The molecule has 7 nitrogen and oxygen atoms in total. The topological polar surface area (TPSA) is 86.8 Å². The van der Waals surface area contributed by atoms with E-state index in [1.54, 1.807) is 6.07 Å². The van der Waals surface area contributed by atoms with Gasteiger partial charge in [-0.15, -0.1) is 0 Å². The molecule has 0 spiro atoms. The number of benzene rings is 1. The number of carbonyl (C=O) groups is 2. The van der Waals surface area contributed by atoms with Gasteiger partial charge in [-0.3, -0.25) is 9.69 Å². The quantitative estimate of drug-likeness (QED) is 0.794. The van der Waals surface area contributed by atoms with Crippen molar-refractivity contribution in [3.8, 4) is 0 Å². The van der Waals surface area contributed by atoms with E-state index in [4.69, 9.17) is 0 Å². The predicted molar refractivity (Wildman–Crippen MR) is 79.4 cm³/mol. The highest BCUT2D eigenvalue weighted by molar-refractivity contribution is 7.88. The van der Waals surface area contributed by atoms with Crippen molar-refractivity contribution in [1.29, 1.82) is 0 Å². The molecule has 2 heterocycles. The molecule has 2 saturated heterocycles. The van der Waals surface area contributed by atoms with Crippen molar-refractivity contribution >= 4 is 22.0 Å². The molecule has 3 amide bonds. The Bertz CT molecular complexity index is 709. The zero-order chi connectivity index (χ0) is 15.9. The molecule has 1 N–H and O–H groups in total. The van der Waals surface area contributed by atoms with Crippen LogP contribution in [0.1, 0.15) is 11.1 Å². The average Bonchev–Trinajstić information content (AvgIpc) is 2.68. The van der Waals surface area contributed by atoms with Crippen LogP contribution in [0.3, 0.4) is 0 Å². The van der Waals surface area contributed by atoms with Crippen LogP contribution in [0.25, 0.3) is 0 Å². The molecule has 0 saturated carbocycles. The second-order valence-corrected chi connectivity index (χ2v) is 7.61. The van der Waals surface area contributed by atoms with E-state index in [-0.39, 0.29) is 37.3 Å². The number of imide groups is 1. The second kappa shape index (κ2) is 5.36. The van der Waals surface area contributed by atoms with Crippen LogP contribution < -0.4 is 5.32 Å². The fourth-order valence-electron chi connectivity index (χ4n) is 2.72. The summed E-state index contributed by atoms with van der Waals surface area (Å²) >= 11 is 0. The average molecular weight is 323 g/mol. The summed E-state index contributed by atoms with van der Waals surface area (Å²) in [7, 11) is -3.43. The number of nitrogens with one attached hydrogen (secondary N) is 1. The van der Waals surface area contributed by atoms with Gasteiger partial charge >= 0.3 is 6.03 Å². The van der Waals surface area contributed by atoms with Crippen LogP contribution in [0.2, 0.25) is 0 Å². The summed E-state index contributed by atoms with van der Waals surface area (Å²) in [5.74, 6) is -0.368. The fraction of sp³-hybridized carbons (Fsp3) is 0.429. The first-order valence-corrected chi connectivity index (χ1v) is 8.61. The van der Waals surface area contributed by atoms with Crippen LogP contribution in [0.5, 0.6) is 0 Å². The zero-order valence-corrected chi connectivity index (χ0v) is 13.0. The molecular weight excluding hydrogens is 306 g/mol. The molecule has 0 aliphatic carbocycles. The number of carbonyl (C=O) groups excluding carboxylic acids is 2. The van der Waals surface area contributed by atoms with Crippen molar-refractivity contribution in [2.24, 2.45) is 0 Å². The van der Waals surface area contributed by atoms with E-state index < -0.39 is 16.1 Å². The molecule has 0 aromatic heterocycles. The van der Waals surface area contributed by atoms with Gasteiger partial charge < -0.3 is 5.32 Å². The molecule has 1 aromatic rings. The number of urea groups is 1. The van der Waals surface area contributed by atoms with E-state index in [1.165, 1.54) is 4.31 Å². The van der Waals surface area contributed by atoms with Gasteiger partial charge in [0.2, 0.25) is 15.9 Å². The smallest absolute Gasteiger partial charge is 0.324 e. The monoisotopic (exact) mass is 323 g/mol. The first kappa shape index (κ1) is 15.0. The Morgan fingerprint density at radius 3 is 2.59 bits per heavy atom. The maximum absolute atomic E-state index is 12.3. The highest BCUT2D eigenvalue weighted by Gasteiger charge is 2.45. The van der Waals surface area contributed by atoms with E-state index in [0.29, 0.717) is 0 Å². The summed E-state index contributed by atoms with van der Waals surface area (Å²) in [6.45, 7) is 2.25. The van der Waals surface area contributed by atoms with Crippen molar-refractivity contribution in [3.63, 3.8) is 0 Å². The van der Waals surface area contributed by atoms with Gasteiger partial charge in [-0.05, 0) is 12.5 Å². The molecule has 0 radical (unpaired) electrons. The summed E-state index contributed by atoms with van der Waals surface area (Å²) < 4.78 is 26.0. The van der Waals surface area contributed by atoms with Crippen molar-refractivity contribution in [2.45, 2.75) is 18.7 Å². The predicted octanol–water partition coefficient (Wildman–Crippen LogP) is 0.0608. The van der Waals surface area contributed by atoms with Crippen molar-refractivity contribution in [3.05, 3.63) is 35.4 Å². The van der Waals surface area contributed by atoms with Gasteiger partial charge in [0.15, 0.2) is 0 Å². The van der Waals surface area contributed by atoms with Gasteiger partial charge in [0.05, 0.1) is 18.3 Å². The molecule has 8 heteroatoms. The number of sulfonamides is 1. The second-order valence-electron chi connectivity index (χ2n) is 5.64. The third kappa shape index (κ3) is 2.71. The van der Waals surface area contributed by atoms with Gasteiger partial charge in [0.25, 0.3) is 0 Å². The Morgan fingerprint density at radius 1 is 1.27 bits per heavy atom. The van der Waals surface area contributed by atoms with Crippen LogP contribution in [0.4, 0.5) is 4.79 Å². The van der Waals surface area contributed by atoms with Gasteiger partial charge in [0, 0.05) is 13.1 Å². The Balaban J connectivity index is 1.64. The van der Waals surface area contributed by atoms with Crippen LogP contribution >= 0.6 is 0 Å². The van der Waals surface area contributed by atoms with E-state index in [0.717, 1.165) is 16.0 Å². The highest BCUT2D eigenvalue weighted by Crippen LogP contribution is 2.23. The van der Waals surface area contributed by atoms with E-state index in [2.05, 4.69) is 5.32 Å². The SMILES string of the molecule is Cc1cccc(CS(=O)(=O)N2CC(N3C(=O)CNC3=O)C2)c1. The molecule has 2 aliphatic heterocycles. The Hall–Kier alpha value is -1.93. The lowest BCUT2D eigenvalue weighted by Crippen LogP contribution is -2.62. The molecule has 0 bridgehead atoms. The summed E-state index contributed by atoms with van der Waals surface area (Å²) in [4.78, 5) is 24.2. The molecular formula is C14H17N3O4S. The number of aryl methyl sites for hydroxylation is 1. The fourth-order valence-corrected chi connectivity index (χ4v) is 4.30. The highest BCUT2D eigenvalue weighted by atomic mass is 32.2. The lowest BCUT2D eigenvalue weighted by Gasteiger charge is -2.41. The standard InChI is InChI=1S/C14H17N3O4S/c1-10-3-2-4-11(5-10)9-22(20,21)16-7-12(8-16)17-13(18)6-15-14(17)19/h2-5,12H,6-9H2,1H3,(H,15,19). The Labute approximate surface area is 128 Å². The number of nitrogens with zero attached hydrogens (tertiary/aromatic N) is 2. The van der Waals surface area contributed by atoms with Gasteiger partial charge in [-0.1, -0.05) is 29.8 Å². The molecule has 2 fully saturated rings. The largest absolute Gasteiger partial charge is 0.329 e. The minimum atomic E-state index is -3.43. The maximum Gasteiger partial charge on any atom is 0.324 e. The minimum Gasteiger partial charge on any atom is -0.329 e. The van der Waals surface area contributed by atoms with Crippen molar-refractivity contribution < 1.29 is 18.0 Å². The Kier molecular flexibility index (Phi) is 3.65. The number of hydrogen-bond donors (Lipinski definition) is 1. The van der Waals surface area contributed by atoms with Crippen molar-refractivity contribution in [1.82, 2.24) is 14.5 Å². The molecule has 0 unspecified atom stereocenters. The zero-order valence-electron chi connectivity index (χ0n) is 12.2. The Morgan fingerprint density at radius 2 is 2.00 bits per heavy atom. The lowest BCUT2D eigenvalue weighted by atomic mass is 10.1. The van der Waals surface area contributed by atoms with Crippen LogP contribution in [0, 0.1) is 6.92 Å². The minimum absolute atomic E-state index is 0.00856. The van der Waals surface area contributed by atoms with E-state index >= 15 is 0 Å². The van der Waals surface area contributed by atoms with Crippen LogP contribution in [-0.4, -0.2) is 55.2 Å². The summed E-state index contributed by atoms with van der Waals surface area (Å²) in [5.41, 5.74) is 1.74. The van der Waals surface area contributed by atoms with Gasteiger partial charge in [-0.2, -0.15) is 4.31 Å². The summed E-state index contributed by atoms with van der Waals surface area (Å²) in [6.07, 6.45) is 0. The number of amides is 3. The lowest BCUT2D eigenvalue weighted by molar-refractivity contribution is -0.128. The molecule has 22 heavy (non-hydrogen) atoms. The molecule has 0 atom stereocenters. The normalized spacial score (nSPS) is 20.1. The van der Waals surface area contributed by atoms with Gasteiger partial charge in [-0.25, -0.2) is 13.2 Å². The molecule has 1 aromatic carbocycles. The first-order valence-electron chi connectivity index (χ1n) is 7.00. The number of hydrogen-bond acceptors (Lipinski definition) is 4. The summed E-state index contributed by atoms with van der Waals surface area (Å²) in [5, 5.41) is 2.44. The maximum atomic E-state index is 12.3. The first-order chi connectivity index (χ1) is 10.4. The van der Waals surface area contributed by atoms with Gasteiger partial charge in [0.1, 0.15) is 0 Å². The van der Waals surface area contributed by atoms with Crippen LogP contribution in [0.15, 0.2) is 24.3 Å². The summed E-state index contributed by atoms with van der Waals surface area (Å²) in [6, 6.07) is 6.55. The van der Waals surface area contributed by atoms with Crippen LogP contribution in [-0.2, 0) is 20.6 Å². The molecule has 118 valence electrons. The molecule has 2 aliphatic rings. The van der Waals surface area contributed by atoms with E-state index in [9.17, 15) is 18.0 Å². The van der Waals surface area contributed by atoms with E-state index in [1.807, 2.05) is 25.1 Å². The third-order valence-corrected chi connectivity index (χ3v) is 5.68. The van der Waals surface area contributed by atoms with Crippen molar-refractivity contribution in [2.75, 3.05) is 19.6 Å². The number of rotatable bonds is 4. The third-order valence-electron chi connectivity index (χ3n) is 3.90.